The van der Waals surface area contributed by atoms with Crippen molar-refractivity contribution in [1.82, 2.24) is 25.1 Å². The number of nitrogens with zero attached hydrogens (tertiary/aromatic N) is 4. The van der Waals surface area contributed by atoms with Gasteiger partial charge in [0.2, 0.25) is 5.95 Å². The lowest BCUT2D eigenvalue weighted by Gasteiger charge is -2.14. The summed E-state index contributed by atoms with van der Waals surface area (Å²) in [6, 6.07) is 8.56. The first-order chi connectivity index (χ1) is 11.6. The quantitative estimate of drug-likeness (QED) is 0.762. The number of anilines is 1. The summed E-state index contributed by atoms with van der Waals surface area (Å²) in [5.74, 6) is 0.431. The Labute approximate surface area is 143 Å². The molecule has 0 spiro atoms. The Balaban J connectivity index is 1.61. The molecule has 3 aromatic rings. The molecule has 8 heteroatoms. The van der Waals surface area contributed by atoms with Crippen molar-refractivity contribution in [2.75, 3.05) is 5.32 Å². The van der Waals surface area contributed by atoms with Gasteiger partial charge in [-0.2, -0.15) is 5.10 Å². The van der Waals surface area contributed by atoms with Gasteiger partial charge in [-0.15, -0.1) is 0 Å². The molecule has 0 saturated carbocycles. The van der Waals surface area contributed by atoms with Gasteiger partial charge < -0.3 is 10.6 Å². The third-order valence-corrected chi connectivity index (χ3v) is 3.57. The van der Waals surface area contributed by atoms with Crippen molar-refractivity contribution in [3.8, 4) is 5.95 Å². The Kier molecular flexibility index (Phi) is 4.72. The molecule has 1 aromatic carbocycles. The first kappa shape index (κ1) is 15.9. The fourth-order valence-electron chi connectivity index (χ4n) is 2.10. The molecule has 0 aliphatic carbocycles. The molecule has 122 valence electrons. The van der Waals surface area contributed by atoms with Crippen molar-refractivity contribution in [2.24, 2.45) is 0 Å². The molecule has 7 nitrogen and oxygen atoms in total. The van der Waals surface area contributed by atoms with Crippen LogP contribution in [0.4, 0.5) is 10.5 Å². The van der Waals surface area contributed by atoms with Crippen LogP contribution < -0.4 is 10.6 Å². The van der Waals surface area contributed by atoms with Gasteiger partial charge in [-0.25, -0.2) is 19.4 Å². The van der Waals surface area contributed by atoms with Crippen LogP contribution in [-0.4, -0.2) is 25.8 Å². The molecule has 1 atom stereocenters. The van der Waals surface area contributed by atoms with E-state index in [9.17, 15) is 4.79 Å². The summed E-state index contributed by atoms with van der Waals surface area (Å²) in [6.07, 6.45) is 6.42. The van der Waals surface area contributed by atoms with Gasteiger partial charge in [0.1, 0.15) is 0 Å². The number of nitrogens with one attached hydrogen (secondary N) is 2. The van der Waals surface area contributed by atoms with Gasteiger partial charge in [-0.1, -0.05) is 23.7 Å². The molecular formula is C16H15ClN6O. The van der Waals surface area contributed by atoms with E-state index in [1.54, 1.807) is 36.8 Å². The Morgan fingerprint density at radius 1 is 1.21 bits per heavy atom. The summed E-state index contributed by atoms with van der Waals surface area (Å²) in [7, 11) is 0. The highest BCUT2D eigenvalue weighted by Gasteiger charge is 2.11. The number of aromatic nitrogens is 4. The van der Waals surface area contributed by atoms with E-state index in [4.69, 9.17) is 11.6 Å². The number of halogens is 1. The van der Waals surface area contributed by atoms with Crippen molar-refractivity contribution < 1.29 is 4.79 Å². The molecule has 0 radical (unpaired) electrons. The second-order valence-electron chi connectivity index (χ2n) is 5.09. The molecule has 2 N–H and O–H groups in total. The van der Waals surface area contributed by atoms with Gasteiger partial charge in [-0.05, 0) is 30.7 Å². The maximum absolute atomic E-state index is 12.1. The van der Waals surface area contributed by atoms with Crippen LogP contribution in [0.3, 0.4) is 0 Å². The van der Waals surface area contributed by atoms with Crippen molar-refractivity contribution in [3.63, 3.8) is 0 Å². The second-order valence-corrected chi connectivity index (χ2v) is 5.53. The summed E-state index contributed by atoms with van der Waals surface area (Å²) in [5.41, 5.74) is 1.51. The Morgan fingerprint density at radius 2 is 1.92 bits per heavy atom. The number of rotatable bonds is 4. The molecule has 0 fully saturated rings. The van der Waals surface area contributed by atoms with Gasteiger partial charge >= 0.3 is 6.03 Å². The summed E-state index contributed by atoms with van der Waals surface area (Å²) < 4.78 is 1.48. The lowest BCUT2D eigenvalue weighted by Crippen LogP contribution is -2.31. The lowest BCUT2D eigenvalue weighted by atomic mass is 10.1. The van der Waals surface area contributed by atoms with E-state index in [2.05, 4.69) is 25.7 Å². The average molecular weight is 343 g/mol. The second kappa shape index (κ2) is 7.10. The average Bonchev–Trinajstić information content (AvgIpc) is 3.04. The predicted octanol–water partition coefficient (Wildman–Crippen LogP) is 3.20. The third-order valence-electron chi connectivity index (χ3n) is 3.32. The van der Waals surface area contributed by atoms with Gasteiger partial charge in [0.15, 0.2) is 0 Å². The van der Waals surface area contributed by atoms with Gasteiger partial charge in [0.05, 0.1) is 24.1 Å². The molecule has 1 unspecified atom stereocenters. The van der Waals surface area contributed by atoms with Crippen LogP contribution in [0.1, 0.15) is 18.5 Å². The van der Waals surface area contributed by atoms with Gasteiger partial charge in [0.25, 0.3) is 0 Å². The minimum absolute atomic E-state index is 0.158. The van der Waals surface area contributed by atoms with E-state index < -0.39 is 0 Å². The van der Waals surface area contributed by atoms with Gasteiger partial charge in [0, 0.05) is 17.4 Å². The first-order valence-corrected chi connectivity index (χ1v) is 7.64. The molecule has 2 heterocycles. The standard InChI is InChI=1S/C16H15ClN6O/c1-11(12-3-5-13(17)6-4-12)21-16(24)22-14-9-20-23(10-14)15-18-7-2-8-19-15/h2-11H,1H3,(H2,21,22,24). The highest BCUT2D eigenvalue weighted by Crippen LogP contribution is 2.16. The monoisotopic (exact) mass is 342 g/mol. The Bertz CT molecular complexity index is 818. The zero-order chi connectivity index (χ0) is 16.9. The lowest BCUT2D eigenvalue weighted by molar-refractivity contribution is 0.249. The molecule has 2 amide bonds. The molecule has 2 aromatic heterocycles. The molecule has 0 bridgehead atoms. The first-order valence-electron chi connectivity index (χ1n) is 7.27. The van der Waals surface area contributed by atoms with Crippen molar-refractivity contribution in [1.29, 1.82) is 0 Å². The summed E-state index contributed by atoms with van der Waals surface area (Å²) >= 11 is 5.86. The van der Waals surface area contributed by atoms with Gasteiger partial charge in [-0.3, -0.25) is 0 Å². The summed E-state index contributed by atoms with van der Waals surface area (Å²) in [4.78, 5) is 20.3. The molecule has 0 aliphatic heterocycles. The van der Waals surface area contributed by atoms with E-state index in [1.165, 1.54) is 10.9 Å². The maximum atomic E-state index is 12.1. The van der Waals surface area contributed by atoms with Crippen molar-refractivity contribution in [3.05, 3.63) is 65.7 Å². The number of carbonyl (C=O) groups excluding carboxylic acids is 1. The molecule has 0 aliphatic rings. The largest absolute Gasteiger partial charge is 0.331 e. The fourth-order valence-corrected chi connectivity index (χ4v) is 2.23. The number of hydrogen-bond donors (Lipinski definition) is 2. The summed E-state index contributed by atoms with van der Waals surface area (Å²) in [6.45, 7) is 1.89. The van der Waals surface area contributed by atoms with Crippen molar-refractivity contribution in [2.45, 2.75) is 13.0 Å². The van der Waals surface area contributed by atoms with Crippen LogP contribution in [0.15, 0.2) is 55.1 Å². The highest BCUT2D eigenvalue weighted by atomic mass is 35.5. The molecule has 24 heavy (non-hydrogen) atoms. The topological polar surface area (TPSA) is 84.7 Å². The van der Waals surface area contributed by atoms with Crippen LogP contribution in [-0.2, 0) is 0 Å². The summed E-state index contributed by atoms with van der Waals surface area (Å²) in [5, 5.41) is 10.4. The minimum atomic E-state index is -0.328. The molecular weight excluding hydrogens is 328 g/mol. The van der Waals surface area contributed by atoms with Crippen molar-refractivity contribution >= 4 is 23.3 Å². The SMILES string of the molecule is CC(NC(=O)Nc1cnn(-c2ncccn2)c1)c1ccc(Cl)cc1. The molecule has 0 saturated heterocycles. The van der Waals surface area contributed by atoms with Crippen LogP contribution in [0.2, 0.25) is 5.02 Å². The van der Waals surface area contributed by atoms with E-state index >= 15 is 0 Å². The van der Waals surface area contributed by atoms with E-state index in [1.807, 2.05) is 19.1 Å². The van der Waals surface area contributed by atoms with Crippen LogP contribution in [0.5, 0.6) is 0 Å². The zero-order valence-electron chi connectivity index (χ0n) is 12.8. The smallest absolute Gasteiger partial charge is 0.319 e. The Hall–Kier alpha value is -2.93. The maximum Gasteiger partial charge on any atom is 0.319 e. The predicted molar refractivity (Wildman–Crippen MR) is 91.2 cm³/mol. The van der Waals surface area contributed by atoms with E-state index in [-0.39, 0.29) is 12.1 Å². The zero-order valence-corrected chi connectivity index (χ0v) is 13.6. The minimum Gasteiger partial charge on any atom is -0.331 e. The normalized spacial score (nSPS) is 11.8. The van der Waals surface area contributed by atoms with E-state index in [0.717, 1.165) is 5.56 Å². The number of carbonyl (C=O) groups is 1. The number of hydrogen-bond acceptors (Lipinski definition) is 4. The fraction of sp³-hybridized carbons (Fsp3) is 0.125. The number of benzene rings is 1. The van der Waals surface area contributed by atoms with Crippen LogP contribution in [0.25, 0.3) is 5.95 Å². The highest BCUT2D eigenvalue weighted by molar-refractivity contribution is 6.30. The van der Waals surface area contributed by atoms with E-state index in [0.29, 0.717) is 16.7 Å². The Morgan fingerprint density at radius 3 is 2.62 bits per heavy atom. The van der Waals surface area contributed by atoms with Crippen LogP contribution in [0, 0.1) is 0 Å². The number of amides is 2. The number of urea groups is 1. The molecule has 3 rings (SSSR count). The third kappa shape index (κ3) is 3.88. The van der Waals surface area contributed by atoms with Crippen LogP contribution >= 0.6 is 11.6 Å².